The van der Waals surface area contributed by atoms with E-state index < -0.39 is 12.1 Å². The van der Waals surface area contributed by atoms with Crippen molar-refractivity contribution in [3.05, 3.63) is 34.4 Å². The van der Waals surface area contributed by atoms with Crippen molar-refractivity contribution >= 4 is 5.91 Å². The van der Waals surface area contributed by atoms with Crippen LogP contribution in [0.15, 0.2) is 12.1 Å². The lowest BCUT2D eigenvalue weighted by atomic mass is 9.85. The predicted molar refractivity (Wildman–Crippen MR) is 87.9 cm³/mol. The third kappa shape index (κ3) is 2.77. The van der Waals surface area contributed by atoms with Gasteiger partial charge in [0.25, 0.3) is 0 Å². The second-order valence-corrected chi connectivity index (χ2v) is 6.33. The van der Waals surface area contributed by atoms with Gasteiger partial charge in [-0.1, -0.05) is 31.5 Å². The highest BCUT2D eigenvalue weighted by atomic mass is 16.5. The van der Waals surface area contributed by atoms with E-state index >= 15 is 0 Å². The average Bonchev–Trinajstić information content (AvgIpc) is 2.74. The van der Waals surface area contributed by atoms with Crippen LogP contribution >= 0.6 is 0 Å². The molecule has 1 aromatic carbocycles. The molecule has 2 atom stereocenters. The standard InChI is InChI=1S/C18H26N2O3/c1-4-13-10-12(3)11-14(5-2)15(13)16-17(21)19-6-8-23-9-7-20(19)18(16)22/h10-11,16-17,21H,4-9H2,1-3H3. The Kier molecular flexibility index (Phi) is 4.71. The first-order chi connectivity index (χ1) is 11.1. The van der Waals surface area contributed by atoms with E-state index in [-0.39, 0.29) is 5.91 Å². The zero-order valence-corrected chi connectivity index (χ0v) is 14.2. The van der Waals surface area contributed by atoms with E-state index in [1.165, 1.54) is 16.7 Å². The molecule has 0 radical (unpaired) electrons. The smallest absolute Gasteiger partial charge is 0.248 e. The summed E-state index contributed by atoms with van der Waals surface area (Å²) in [5, 5.41) is 14.3. The molecule has 23 heavy (non-hydrogen) atoms. The lowest BCUT2D eigenvalue weighted by Crippen LogP contribution is -2.43. The monoisotopic (exact) mass is 318 g/mol. The van der Waals surface area contributed by atoms with Crippen molar-refractivity contribution < 1.29 is 14.6 Å². The Balaban J connectivity index is 2.06. The summed E-state index contributed by atoms with van der Waals surface area (Å²) in [6.45, 7) is 8.44. The summed E-state index contributed by atoms with van der Waals surface area (Å²) >= 11 is 0. The highest BCUT2D eigenvalue weighted by Crippen LogP contribution is 2.37. The van der Waals surface area contributed by atoms with Crippen molar-refractivity contribution in [2.45, 2.75) is 45.8 Å². The summed E-state index contributed by atoms with van der Waals surface area (Å²) in [5.74, 6) is -0.491. The highest BCUT2D eigenvalue weighted by Gasteiger charge is 2.48. The molecule has 1 aromatic rings. The van der Waals surface area contributed by atoms with Gasteiger partial charge in [0.2, 0.25) is 5.91 Å². The normalized spacial score (nSPS) is 25.6. The fourth-order valence-electron chi connectivity index (χ4n) is 3.84. The molecule has 2 heterocycles. The molecule has 1 amide bonds. The van der Waals surface area contributed by atoms with Gasteiger partial charge in [0.05, 0.1) is 19.8 Å². The summed E-state index contributed by atoms with van der Waals surface area (Å²) in [6.07, 6.45) is 0.926. The van der Waals surface area contributed by atoms with E-state index in [0.29, 0.717) is 26.3 Å². The fourth-order valence-corrected chi connectivity index (χ4v) is 3.84. The molecule has 0 bridgehead atoms. The number of amides is 1. The van der Waals surface area contributed by atoms with Crippen LogP contribution in [-0.2, 0) is 22.4 Å². The maximum Gasteiger partial charge on any atom is 0.248 e. The molecule has 0 aromatic heterocycles. The average molecular weight is 318 g/mol. The number of aliphatic hydroxyl groups excluding tert-OH is 1. The quantitative estimate of drug-likeness (QED) is 0.920. The van der Waals surface area contributed by atoms with Crippen LogP contribution < -0.4 is 0 Å². The number of hydrogen-bond acceptors (Lipinski definition) is 4. The fraction of sp³-hybridized carbons (Fsp3) is 0.611. The minimum Gasteiger partial charge on any atom is -0.378 e. The third-order valence-corrected chi connectivity index (χ3v) is 4.91. The van der Waals surface area contributed by atoms with E-state index in [1.807, 2.05) is 0 Å². The lowest BCUT2D eigenvalue weighted by Gasteiger charge is -2.26. The molecule has 0 saturated carbocycles. The second-order valence-electron chi connectivity index (χ2n) is 6.33. The number of aliphatic hydroxyl groups is 1. The molecule has 5 heteroatoms. The zero-order valence-electron chi connectivity index (χ0n) is 14.2. The van der Waals surface area contributed by atoms with Crippen molar-refractivity contribution in [1.82, 2.24) is 10.0 Å². The molecule has 2 aliphatic heterocycles. The van der Waals surface area contributed by atoms with Crippen LogP contribution in [0.4, 0.5) is 0 Å². The van der Waals surface area contributed by atoms with E-state index in [1.54, 1.807) is 10.0 Å². The minimum atomic E-state index is -0.803. The van der Waals surface area contributed by atoms with Crippen molar-refractivity contribution in [1.29, 1.82) is 0 Å². The highest BCUT2D eigenvalue weighted by molar-refractivity contribution is 5.87. The van der Waals surface area contributed by atoms with Crippen molar-refractivity contribution in [2.75, 3.05) is 26.3 Å². The Labute approximate surface area is 137 Å². The van der Waals surface area contributed by atoms with E-state index in [0.717, 1.165) is 18.4 Å². The Morgan fingerprint density at radius 2 is 1.78 bits per heavy atom. The van der Waals surface area contributed by atoms with Gasteiger partial charge in [-0.15, -0.1) is 0 Å². The third-order valence-electron chi connectivity index (χ3n) is 4.91. The molecule has 126 valence electrons. The van der Waals surface area contributed by atoms with Crippen molar-refractivity contribution in [3.8, 4) is 0 Å². The molecule has 0 aliphatic carbocycles. The van der Waals surface area contributed by atoms with Crippen molar-refractivity contribution in [2.24, 2.45) is 0 Å². The molecule has 2 unspecified atom stereocenters. The van der Waals surface area contributed by atoms with E-state index in [2.05, 4.69) is 32.9 Å². The maximum atomic E-state index is 13.0. The van der Waals surface area contributed by atoms with Gasteiger partial charge in [-0.2, -0.15) is 5.01 Å². The predicted octanol–water partition coefficient (Wildman–Crippen LogP) is 1.61. The number of nitrogens with zero attached hydrogens (tertiary/aromatic N) is 2. The van der Waals surface area contributed by atoms with Crippen LogP contribution in [0.2, 0.25) is 0 Å². The number of ether oxygens (including phenoxy) is 1. The van der Waals surface area contributed by atoms with Gasteiger partial charge in [-0.05, 0) is 36.5 Å². The summed E-state index contributed by atoms with van der Waals surface area (Å²) < 4.78 is 5.43. The van der Waals surface area contributed by atoms with Crippen molar-refractivity contribution in [3.63, 3.8) is 0 Å². The van der Waals surface area contributed by atoms with E-state index in [4.69, 9.17) is 4.74 Å². The molecule has 1 N–H and O–H groups in total. The Morgan fingerprint density at radius 3 is 2.39 bits per heavy atom. The number of rotatable bonds is 3. The summed E-state index contributed by atoms with van der Waals surface area (Å²) in [7, 11) is 0. The topological polar surface area (TPSA) is 53.0 Å². The second kappa shape index (κ2) is 6.59. The van der Waals surface area contributed by atoms with Crippen LogP contribution in [0.25, 0.3) is 0 Å². The largest absolute Gasteiger partial charge is 0.378 e. The molecule has 2 fully saturated rings. The minimum absolute atomic E-state index is 0.00347. The summed E-state index contributed by atoms with van der Waals surface area (Å²) in [6, 6.07) is 4.30. The SMILES string of the molecule is CCc1cc(C)cc(CC)c1C1C(=O)N2CCOCCN2C1O. The van der Waals surface area contributed by atoms with Gasteiger partial charge in [-0.25, -0.2) is 0 Å². The van der Waals surface area contributed by atoms with Gasteiger partial charge in [0, 0.05) is 6.54 Å². The molecule has 0 spiro atoms. The molecule has 2 aliphatic rings. The molecule has 5 nitrogen and oxygen atoms in total. The Bertz CT molecular complexity index is 577. The van der Waals surface area contributed by atoms with E-state index in [9.17, 15) is 9.90 Å². The van der Waals surface area contributed by atoms with Gasteiger partial charge in [0.15, 0.2) is 0 Å². The van der Waals surface area contributed by atoms with Gasteiger partial charge in [0.1, 0.15) is 12.1 Å². The summed E-state index contributed by atoms with van der Waals surface area (Å²) in [4.78, 5) is 13.0. The Morgan fingerprint density at radius 1 is 1.17 bits per heavy atom. The van der Waals surface area contributed by atoms with Crippen LogP contribution in [0.1, 0.15) is 42.0 Å². The van der Waals surface area contributed by atoms with Gasteiger partial charge >= 0.3 is 0 Å². The van der Waals surface area contributed by atoms with Gasteiger partial charge in [-0.3, -0.25) is 9.80 Å². The number of carbonyl (C=O) groups is 1. The maximum absolute atomic E-state index is 13.0. The number of hydrazine groups is 1. The van der Waals surface area contributed by atoms with Crippen LogP contribution in [0.3, 0.4) is 0 Å². The Hall–Kier alpha value is -1.43. The first kappa shape index (κ1) is 16.4. The van der Waals surface area contributed by atoms with Crippen LogP contribution in [0, 0.1) is 6.92 Å². The molecule has 3 rings (SSSR count). The molecular formula is C18H26N2O3. The lowest BCUT2D eigenvalue weighted by molar-refractivity contribution is -0.141. The summed E-state index contributed by atoms with van der Waals surface area (Å²) in [5.41, 5.74) is 4.60. The number of hydrogen-bond donors (Lipinski definition) is 1. The molecular weight excluding hydrogens is 292 g/mol. The van der Waals surface area contributed by atoms with Gasteiger partial charge < -0.3 is 9.84 Å². The number of benzene rings is 1. The van der Waals surface area contributed by atoms with Crippen LogP contribution in [-0.4, -0.2) is 53.6 Å². The van der Waals surface area contributed by atoms with Crippen LogP contribution in [0.5, 0.6) is 0 Å². The first-order valence-corrected chi connectivity index (χ1v) is 8.54. The molecule has 2 saturated heterocycles. The first-order valence-electron chi connectivity index (χ1n) is 8.54. The number of fused-ring (bicyclic) bond motifs is 1. The number of carbonyl (C=O) groups excluding carboxylic acids is 1. The zero-order chi connectivity index (χ0) is 16.6. The number of aryl methyl sites for hydroxylation is 3.